The molecule has 0 aromatic carbocycles. The smallest absolute Gasteiger partial charge is 0.229 e. The number of piperidine rings is 1. The largest absolute Gasteiger partial charge is 0.377 e. The minimum absolute atomic E-state index is 0.0483. The molecule has 5 heteroatoms. The molecule has 0 bridgehead atoms. The number of amides is 1. The molecule has 1 aliphatic carbocycles. The molecule has 2 saturated heterocycles. The van der Waals surface area contributed by atoms with Crippen molar-refractivity contribution in [2.24, 2.45) is 17.8 Å². The van der Waals surface area contributed by atoms with Crippen molar-refractivity contribution in [3.05, 3.63) is 24.5 Å². The highest BCUT2D eigenvalue weighted by Gasteiger charge is 2.38. The summed E-state index contributed by atoms with van der Waals surface area (Å²) in [5.41, 5.74) is 0.765. The fourth-order valence-electron chi connectivity index (χ4n) is 4.79. The Kier molecular flexibility index (Phi) is 5.32. The van der Waals surface area contributed by atoms with Crippen LogP contribution in [0.4, 0.5) is 5.69 Å². The third kappa shape index (κ3) is 4.21. The van der Waals surface area contributed by atoms with Crippen molar-refractivity contribution < 1.29 is 9.53 Å². The molecule has 0 radical (unpaired) electrons. The monoisotopic (exact) mass is 343 g/mol. The third-order valence-electron chi connectivity index (χ3n) is 6.14. The molecule has 1 saturated carbocycles. The Labute approximate surface area is 150 Å². The second-order valence-electron chi connectivity index (χ2n) is 7.99. The summed E-state index contributed by atoms with van der Waals surface area (Å²) in [5, 5.41) is 2.98. The molecule has 3 atom stereocenters. The Morgan fingerprint density at radius 1 is 1.32 bits per heavy atom. The number of fused-ring (bicyclic) bond motifs is 1. The maximum atomic E-state index is 12.6. The van der Waals surface area contributed by atoms with Gasteiger partial charge in [0.25, 0.3) is 0 Å². The van der Waals surface area contributed by atoms with Crippen molar-refractivity contribution in [1.29, 1.82) is 0 Å². The maximum absolute atomic E-state index is 12.6. The van der Waals surface area contributed by atoms with Gasteiger partial charge in [-0.05, 0) is 49.7 Å². The zero-order valence-electron chi connectivity index (χ0n) is 14.9. The number of pyridine rings is 1. The molecular formula is C20H29N3O2. The summed E-state index contributed by atoms with van der Waals surface area (Å²) in [4.78, 5) is 19.3. The molecule has 3 heterocycles. The molecule has 2 aliphatic heterocycles. The predicted molar refractivity (Wildman–Crippen MR) is 97.2 cm³/mol. The van der Waals surface area contributed by atoms with Gasteiger partial charge in [0.2, 0.25) is 5.91 Å². The van der Waals surface area contributed by atoms with E-state index >= 15 is 0 Å². The molecule has 1 N–H and O–H groups in total. The number of nitrogens with one attached hydrogen (secondary N) is 1. The van der Waals surface area contributed by atoms with Crippen molar-refractivity contribution in [1.82, 2.24) is 9.88 Å². The van der Waals surface area contributed by atoms with Gasteiger partial charge in [0.15, 0.2) is 0 Å². The standard InChI is InChI=1S/C20H29N3O2/c24-20(22-18-6-3-8-21-11-18)17-10-16-13-23(9-7-19(16)25-14-17)12-15-4-1-2-5-15/h3,6,8,11,15-17,19H,1-2,4-5,7,9-10,12-14H2,(H,22,24)/t16-,17-,19+/m0/s1. The van der Waals surface area contributed by atoms with Gasteiger partial charge in [-0.3, -0.25) is 9.78 Å². The normalized spacial score (nSPS) is 30.8. The highest BCUT2D eigenvalue weighted by molar-refractivity contribution is 5.92. The van der Waals surface area contributed by atoms with Crippen LogP contribution in [-0.2, 0) is 9.53 Å². The second-order valence-corrected chi connectivity index (χ2v) is 7.99. The van der Waals surface area contributed by atoms with Crippen molar-refractivity contribution in [2.75, 3.05) is 31.6 Å². The van der Waals surface area contributed by atoms with E-state index in [2.05, 4.69) is 15.2 Å². The van der Waals surface area contributed by atoms with Crippen LogP contribution in [0.2, 0.25) is 0 Å². The lowest BCUT2D eigenvalue weighted by Crippen LogP contribution is -2.50. The van der Waals surface area contributed by atoms with E-state index in [0.717, 1.165) is 37.5 Å². The van der Waals surface area contributed by atoms with Crippen molar-refractivity contribution >= 4 is 11.6 Å². The first-order chi connectivity index (χ1) is 12.3. The number of carbonyl (C=O) groups excluding carboxylic acids is 1. The van der Waals surface area contributed by atoms with E-state index in [-0.39, 0.29) is 11.8 Å². The van der Waals surface area contributed by atoms with E-state index in [1.54, 1.807) is 12.4 Å². The van der Waals surface area contributed by atoms with Gasteiger partial charge in [-0.2, -0.15) is 0 Å². The highest BCUT2D eigenvalue weighted by atomic mass is 16.5. The Morgan fingerprint density at radius 2 is 2.20 bits per heavy atom. The molecular weight excluding hydrogens is 314 g/mol. The molecule has 4 rings (SSSR count). The molecule has 3 fully saturated rings. The molecule has 25 heavy (non-hydrogen) atoms. The number of rotatable bonds is 4. The summed E-state index contributed by atoms with van der Waals surface area (Å²) in [5.74, 6) is 1.41. The minimum atomic E-state index is -0.0483. The fourth-order valence-corrected chi connectivity index (χ4v) is 4.79. The molecule has 5 nitrogen and oxygen atoms in total. The Hall–Kier alpha value is -1.46. The summed E-state index contributed by atoms with van der Waals surface area (Å²) < 4.78 is 6.07. The summed E-state index contributed by atoms with van der Waals surface area (Å²) in [6.45, 7) is 4.05. The van der Waals surface area contributed by atoms with Crippen molar-refractivity contribution in [3.8, 4) is 0 Å². The lowest BCUT2D eigenvalue weighted by Gasteiger charge is -2.43. The van der Waals surface area contributed by atoms with Gasteiger partial charge in [-0.15, -0.1) is 0 Å². The highest BCUT2D eigenvalue weighted by Crippen LogP contribution is 2.33. The molecule has 1 amide bonds. The second kappa shape index (κ2) is 7.83. The Bertz CT molecular complexity index is 574. The molecule has 0 spiro atoms. The first-order valence-electron chi connectivity index (χ1n) is 9.83. The first kappa shape index (κ1) is 17.0. The number of ether oxygens (including phenoxy) is 1. The van der Waals surface area contributed by atoms with Crippen LogP contribution in [0.1, 0.15) is 38.5 Å². The van der Waals surface area contributed by atoms with Crippen LogP contribution in [0.5, 0.6) is 0 Å². The Balaban J connectivity index is 1.31. The number of hydrogen-bond donors (Lipinski definition) is 1. The molecule has 3 aliphatic rings. The number of aromatic nitrogens is 1. The third-order valence-corrected chi connectivity index (χ3v) is 6.14. The molecule has 136 valence electrons. The number of nitrogens with zero attached hydrogens (tertiary/aromatic N) is 2. The van der Waals surface area contributed by atoms with Crippen LogP contribution in [0, 0.1) is 17.8 Å². The first-order valence-corrected chi connectivity index (χ1v) is 9.83. The zero-order chi connectivity index (χ0) is 17.1. The van der Waals surface area contributed by atoms with Gasteiger partial charge in [0.1, 0.15) is 0 Å². The molecule has 0 unspecified atom stereocenters. The summed E-state index contributed by atoms with van der Waals surface area (Å²) in [6, 6.07) is 3.71. The van der Waals surface area contributed by atoms with E-state index in [9.17, 15) is 4.79 Å². The Morgan fingerprint density at radius 3 is 3.00 bits per heavy atom. The van der Waals surface area contributed by atoms with Crippen molar-refractivity contribution in [2.45, 2.75) is 44.6 Å². The van der Waals surface area contributed by atoms with Gasteiger partial charge >= 0.3 is 0 Å². The van der Waals surface area contributed by atoms with Gasteiger partial charge in [0.05, 0.1) is 30.5 Å². The van der Waals surface area contributed by atoms with Crippen LogP contribution in [-0.4, -0.2) is 48.1 Å². The van der Waals surface area contributed by atoms with E-state index in [1.807, 2.05) is 12.1 Å². The number of carbonyl (C=O) groups is 1. The van der Waals surface area contributed by atoms with Crippen LogP contribution < -0.4 is 5.32 Å². The maximum Gasteiger partial charge on any atom is 0.229 e. The van der Waals surface area contributed by atoms with Crippen LogP contribution in [0.3, 0.4) is 0 Å². The number of hydrogen-bond acceptors (Lipinski definition) is 4. The average molecular weight is 343 g/mol. The molecule has 1 aromatic rings. The van der Waals surface area contributed by atoms with Crippen molar-refractivity contribution in [3.63, 3.8) is 0 Å². The quantitative estimate of drug-likeness (QED) is 0.913. The average Bonchev–Trinajstić information content (AvgIpc) is 3.15. The minimum Gasteiger partial charge on any atom is -0.377 e. The number of anilines is 1. The summed E-state index contributed by atoms with van der Waals surface area (Å²) >= 11 is 0. The van der Waals surface area contributed by atoms with Crippen LogP contribution >= 0.6 is 0 Å². The fraction of sp³-hybridized carbons (Fsp3) is 0.700. The van der Waals surface area contributed by atoms with Gasteiger partial charge in [-0.1, -0.05) is 12.8 Å². The topological polar surface area (TPSA) is 54.5 Å². The van der Waals surface area contributed by atoms with E-state index in [4.69, 9.17) is 4.74 Å². The van der Waals surface area contributed by atoms with E-state index in [0.29, 0.717) is 18.6 Å². The van der Waals surface area contributed by atoms with Gasteiger partial charge < -0.3 is 15.0 Å². The lowest BCUT2D eigenvalue weighted by atomic mass is 9.83. The SMILES string of the molecule is O=C(Nc1cccnc1)[C@@H]1CO[C@@H]2CCN(CC3CCCC3)C[C@@H]2C1. The van der Waals surface area contributed by atoms with Crippen LogP contribution in [0.25, 0.3) is 0 Å². The van der Waals surface area contributed by atoms with Gasteiger partial charge in [-0.25, -0.2) is 0 Å². The molecule has 1 aromatic heterocycles. The number of likely N-dealkylation sites (tertiary alicyclic amines) is 1. The summed E-state index contributed by atoms with van der Waals surface area (Å²) in [6.07, 6.45) is 11.4. The zero-order valence-corrected chi connectivity index (χ0v) is 14.9. The van der Waals surface area contributed by atoms with E-state index < -0.39 is 0 Å². The van der Waals surface area contributed by atoms with Crippen LogP contribution in [0.15, 0.2) is 24.5 Å². The lowest BCUT2D eigenvalue weighted by molar-refractivity contribution is -0.134. The van der Waals surface area contributed by atoms with E-state index in [1.165, 1.54) is 32.2 Å². The van der Waals surface area contributed by atoms with Gasteiger partial charge in [0, 0.05) is 25.8 Å². The summed E-state index contributed by atoms with van der Waals surface area (Å²) in [7, 11) is 0. The predicted octanol–water partition coefficient (Wildman–Crippen LogP) is 2.94.